The van der Waals surface area contributed by atoms with Crippen LogP contribution in [0.25, 0.3) is 21.8 Å². The molecule has 0 aliphatic heterocycles. The average molecular weight is 546 g/mol. The van der Waals surface area contributed by atoms with Crippen molar-refractivity contribution in [1.29, 1.82) is 0 Å². The van der Waals surface area contributed by atoms with Crippen LogP contribution in [0.3, 0.4) is 0 Å². The third-order valence-corrected chi connectivity index (χ3v) is 13.8. The lowest BCUT2D eigenvalue weighted by atomic mass is 9.93. The van der Waals surface area contributed by atoms with Crippen molar-refractivity contribution in [3.05, 3.63) is 157 Å². The first kappa shape index (κ1) is 25.6. The van der Waals surface area contributed by atoms with Crippen molar-refractivity contribution in [2.24, 2.45) is 0 Å². The van der Waals surface area contributed by atoms with Crippen LogP contribution in [-0.4, -0.2) is 12.6 Å². The molecule has 1 heterocycles. The molecule has 0 amide bonds. The summed E-state index contributed by atoms with van der Waals surface area (Å²) in [5, 5.41) is 8.29. The zero-order chi connectivity index (χ0) is 28.0. The van der Waals surface area contributed by atoms with Gasteiger partial charge in [0, 0.05) is 21.8 Å². The van der Waals surface area contributed by atoms with Gasteiger partial charge in [0.25, 0.3) is 0 Å². The van der Waals surface area contributed by atoms with Crippen molar-refractivity contribution in [1.82, 2.24) is 4.57 Å². The number of aryl methyl sites for hydroxylation is 2. The third kappa shape index (κ3) is 4.05. The summed E-state index contributed by atoms with van der Waals surface area (Å²) in [5.74, 6) is 0. The molecule has 200 valence electrons. The molecule has 1 atom stereocenters. The van der Waals surface area contributed by atoms with Gasteiger partial charge in [-0.25, -0.2) is 0 Å². The molecule has 2 heteroatoms. The Bertz CT molecular complexity index is 1880. The van der Waals surface area contributed by atoms with E-state index in [1.165, 1.54) is 53.7 Å². The predicted molar refractivity (Wildman–Crippen MR) is 179 cm³/mol. The zero-order valence-electron chi connectivity index (χ0n) is 24.0. The van der Waals surface area contributed by atoms with Crippen LogP contribution in [0.5, 0.6) is 0 Å². The normalized spacial score (nSPS) is 17.0. The van der Waals surface area contributed by atoms with E-state index < -0.39 is 8.07 Å². The number of fused-ring (bicyclic) bond motifs is 3. The number of benzene rings is 5. The fourth-order valence-electron chi connectivity index (χ4n) is 6.93. The van der Waals surface area contributed by atoms with E-state index in [0.29, 0.717) is 0 Å². The highest BCUT2D eigenvalue weighted by Gasteiger charge is 2.42. The SMILES string of the molecule is Cc1ccc([Si](c2ccccc2)(c2ccc(C)cc2)c2ccc3c(c2)c2ccccc2n3C2(C)C=CC=CC2)cc1. The first-order chi connectivity index (χ1) is 20.0. The van der Waals surface area contributed by atoms with Gasteiger partial charge in [0.15, 0.2) is 8.07 Å². The Labute approximate surface area is 244 Å². The second kappa shape index (κ2) is 9.90. The summed E-state index contributed by atoms with van der Waals surface area (Å²) in [7, 11) is -2.63. The number of rotatable bonds is 5. The minimum Gasteiger partial charge on any atom is -0.331 e. The van der Waals surface area contributed by atoms with Gasteiger partial charge < -0.3 is 4.57 Å². The lowest BCUT2D eigenvalue weighted by molar-refractivity contribution is 0.437. The van der Waals surface area contributed by atoms with Gasteiger partial charge in [-0.1, -0.05) is 145 Å². The number of allylic oxidation sites excluding steroid dienone is 4. The Morgan fingerprint density at radius 2 is 1.12 bits per heavy atom. The Balaban J connectivity index is 1.59. The number of aromatic nitrogens is 1. The molecule has 0 radical (unpaired) electrons. The van der Waals surface area contributed by atoms with E-state index in [1.54, 1.807) is 0 Å². The van der Waals surface area contributed by atoms with Gasteiger partial charge in [-0.2, -0.15) is 0 Å². The molecule has 1 unspecified atom stereocenters. The van der Waals surface area contributed by atoms with E-state index in [1.807, 2.05) is 0 Å². The molecule has 0 saturated carbocycles. The monoisotopic (exact) mass is 545 g/mol. The summed E-state index contributed by atoms with van der Waals surface area (Å²) in [5.41, 5.74) is 5.05. The molecule has 1 aliphatic rings. The highest BCUT2D eigenvalue weighted by molar-refractivity contribution is 7.20. The van der Waals surface area contributed by atoms with Crippen LogP contribution < -0.4 is 20.7 Å². The molecule has 0 fully saturated rings. The minimum atomic E-state index is -2.63. The molecular weight excluding hydrogens is 511 g/mol. The summed E-state index contributed by atoms with van der Waals surface area (Å²) >= 11 is 0. The average Bonchev–Trinajstić information content (AvgIpc) is 3.35. The molecule has 1 aromatic heterocycles. The summed E-state index contributed by atoms with van der Waals surface area (Å²) in [4.78, 5) is 0. The highest BCUT2D eigenvalue weighted by atomic mass is 28.3. The summed E-state index contributed by atoms with van der Waals surface area (Å²) in [6.45, 7) is 6.71. The Hall–Kier alpha value is -4.40. The van der Waals surface area contributed by atoms with Crippen LogP contribution in [0.1, 0.15) is 24.5 Å². The van der Waals surface area contributed by atoms with Crippen LogP contribution in [0, 0.1) is 13.8 Å². The van der Waals surface area contributed by atoms with Crippen LogP contribution in [0.15, 0.2) is 146 Å². The van der Waals surface area contributed by atoms with Crippen LogP contribution in [0.2, 0.25) is 0 Å². The zero-order valence-corrected chi connectivity index (χ0v) is 25.0. The van der Waals surface area contributed by atoms with Crippen LogP contribution >= 0.6 is 0 Å². The Morgan fingerprint density at radius 1 is 0.561 bits per heavy atom. The van der Waals surface area contributed by atoms with E-state index in [2.05, 4.69) is 171 Å². The van der Waals surface area contributed by atoms with Crippen LogP contribution in [-0.2, 0) is 5.54 Å². The fraction of sp³-hybridized carbons (Fsp3) is 0.128. The summed E-state index contributed by atoms with van der Waals surface area (Å²) in [6, 6.07) is 46.2. The summed E-state index contributed by atoms with van der Waals surface area (Å²) < 4.78 is 2.56. The molecular formula is C39H35NSi. The molecule has 41 heavy (non-hydrogen) atoms. The Morgan fingerprint density at radius 3 is 1.76 bits per heavy atom. The first-order valence-electron chi connectivity index (χ1n) is 14.6. The molecule has 5 aromatic carbocycles. The number of hydrogen-bond donors (Lipinski definition) is 0. The maximum absolute atomic E-state index is 2.63. The van der Waals surface area contributed by atoms with Gasteiger partial charge in [0.05, 0.1) is 5.54 Å². The van der Waals surface area contributed by atoms with Gasteiger partial charge in [0.2, 0.25) is 0 Å². The molecule has 1 nitrogen and oxygen atoms in total. The molecule has 7 rings (SSSR count). The van der Waals surface area contributed by atoms with Crippen molar-refractivity contribution in [3.8, 4) is 0 Å². The number of para-hydroxylation sites is 1. The standard InChI is InChI=1S/C39H35NSi/c1-29-16-20-32(21-17-29)41(31-12-6-4-7-13-31,33-22-18-30(2)19-23-33)34-24-25-38-36(28-34)35-14-8-9-15-37(35)40(38)39(3)26-10-5-11-27-39/h4-26,28H,27H2,1-3H3. The van der Waals surface area contributed by atoms with E-state index in [4.69, 9.17) is 0 Å². The van der Waals surface area contributed by atoms with Gasteiger partial charge >= 0.3 is 0 Å². The quantitative estimate of drug-likeness (QED) is 0.162. The minimum absolute atomic E-state index is 0.112. The van der Waals surface area contributed by atoms with Crippen molar-refractivity contribution in [3.63, 3.8) is 0 Å². The van der Waals surface area contributed by atoms with Crippen molar-refractivity contribution in [2.75, 3.05) is 0 Å². The topological polar surface area (TPSA) is 4.93 Å². The van der Waals surface area contributed by atoms with Crippen molar-refractivity contribution in [2.45, 2.75) is 32.7 Å². The molecule has 0 N–H and O–H groups in total. The maximum atomic E-state index is 2.56. The van der Waals surface area contributed by atoms with Gasteiger partial charge in [-0.05, 0) is 60.1 Å². The largest absolute Gasteiger partial charge is 0.331 e. The third-order valence-electron chi connectivity index (χ3n) is 9.03. The molecule has 1 aliphatic carbocycles. The van der Waals surface area contributed by atoms with E-state index in [0.717, 1.165) is 6.42 Å². The maximum Gasteiger partial charge on any atom is 0.179 e. The molecule has 0 bridgehead atoms. The number of nitrogens with zero attached hydrogens (tertiary/aromatic N) is 1. The van der Waals surface area contributed by atoms with Gasteiger partial charge in [0.1, 0.15) is 0 Å². The van der Waals surface area contributed by atoms with Crippen molar-refractivity contribution >= 4 is 50.6 Å². The number of hydrogen-bond acceptors (Lipinski definition) is 0. The lowest BCUT2D eigenvalue weighted by Gasteiger charge is -2.35. The van der Waals surface area contributed by atoms with E-state index in [9.17, 15) is 0 Å². The summed E-state index contributed by atoms with van der Waals surface area (Å²) in [6.07, 6.45) is 9.98. The highest BCUT2D eigenvalue weighted by Crippen LogP contribution is 2.37. The molecule has 0 saturated heterocycles. The molecule has 6 aromatic rings. The van der Waals surface area contributed by atoms with Crippen molar-refractivity contribution < 1.29 is 0 Å². The van der Waals surface area contributed by atoms with E-state index >= 15 is 0 Å². The lowest BCUT2D eigenvalue weighted by Crippen LogP contribution is -2.74. The van der Waals surface area contributed by atoms with Gasteiger partial charge in [-0.3, -0.25) is 0 Å². The smallest absolute Gasteiger partial charge is 0.179 e. The fourth-order valence-corrected chi connectivity index (χ4v) is 11.7. The second-order valence-electron chi connectivity index (χ2n) is 11.8. The predicted octanol–water partition coefficient (Wildman–Crippen LogP) is 7.02. The first-order valence-corrected chi connectivity index (χ1v) is 16.6. The molecule has 0 spiro atoms. The second-order valence-corrected chi connectivity index (χ2v) is 15.6. The van der Waals surface area contributed by atoms with Crippen LogP contribution in [0.4, 0.5) is 0 Å². The van der Waals surface area contributed by atoms with Gasteiger partial charge in [-0.15, -0.1) is 0 Å². The Kier molecular flexibility index (Phi) is 6.17. The van der Waals surface area contributed by atoms with E-state index in [-0.39, 0.29) is 5.54 Å².